The van der Waals surface area contributed by atoms with Crippen molar-refractivity contribution in [3.8, 4) is 0 Å². The van der Waals surface area contributed by atoms with E-state index in [2.05, 4.69) is 0 Å². The van der Waals surface area contributed by atoms with E-state index < -0.39 is 5.91 Å². The van der Waals surface area contributed by atoms with E-state index in [9.17, 15) is 4.79 Å². The molecule has 0 saturated heterocycles. The van der Waals surface area contributed by atoms with Gasteiger partial charge in [-0.1, -0.05) is 18.2 Å². The van der Waals surface area contributed by atoms with Gasteiger partial charge in [-0.2, -0.15) is 0 Å². The summed E-state index contributed by atoms with van der Waals surface area (Å²) in [6, 6.07) is 10.7. The Balaban J connectivity index is 2.32. The Kier molecular flexibility index (Phi) is 2.54. The summed E-state index contributed by atoms with van der Waals surface area (Å²) >= 11 is 0. The average molecular weight is 200 g/mol. The predicted octanol–water partition coefficient (Wildman–Crippen LogP) is 1.98. The van der Waals surface area contributed by atoms with Crippen LogP contribution in [0.1, 0.15) is 21.7 Å². The van der Waals surface area contributed by atoms with E-state index in [0.29, 0.717) is 11.3 Å². The van der Waals surface area contributed by atoms with Gasteiger partial charge in [0.15, 0.2) is 0 Å². The first-order chi connectivity index (χ1) is 7.27. The molecule has 0 aliphatic carbocycles. The van der Waals surface area contributed by atoms with Gasteiger partial charge in [-0.15, -0.1) is 0 Å². The third-order valence-electron chi connectivity index (χ3n) is 2.07. The van der Waals surface area contributed by atoms with E-state index >= 15 is 0 Å². The lowest BCUT2D eigenvalue weighted by molar-refractivity contribution is 0.1000. The van der Waals surface area contributed by atoms with Gasteiger partial charge in [-0.05, 0) is 23.8 Å². The molecule has 75 valence electrons. The Morgan fingerprint density at radius 3 is 2.67 bits per heavy atom. The number of hydrogen-bond acceptors (Lipinski definition) is 2. The van der Waals surface area contributed by atoms with Crippen molar-refractivity contribution in [2.75, 3.05) is 0 Å². The van der Waals surface area contributed by atoms with Crippen LogP contribution in [0.2, 0.25) is 0 Å². The maximum absolute atomic E-state index is 11.1. The van der Waals surface area contributed by atoms with Crippen LogP contribution >= 0.6 is 0 Å². The van der Waals surface area contributed by atoms with Crippen LogP contribution in [0.3, 0.4) is 0 Å². The van der Waals surface area contributed by atoms with Crippen molar-refractivity contribution in [3.05, 3.63) is 66.0 Å². The van der Waals surface area contributed by atoms with Crippen molar-refractivity contribution in [3.63, 3.8) is 0 Å². The molecule has 0 unspecified atom stereocenters. The number of furan rings is 1. The van der Waals surface area contributed by atoms with Crippen LogP contribution in [-0.2, 0) is 0 Å². The van der Waals surface area contributed by atoms with Crippen LogP contribution in [0.25, 0.3) is 0 Å². The molecule has 0 atom stereocenters. The van der Waals surface area contributed by atoms with Gasteiger partial charge < -0.3 is 10.2 Å². The molecule has 1 heterocycles. The summed E-state index contributed by atoms with van der Waals surface area (Å²) in [5.74, 6) is 0.261. The molecule has 2 N–H and O–H groups in total. The molecule has 0 aliphatic rings. The van der Waals surface area contributed by atoms with Gasteiger partial charge in [-0.25, -0.2) is 0 Å². The molecule has 1 amide bonds. The molecule has 2 rings (SSSR count). The van der Waals surface area contributed by atoms with Gasteiger partial charge in [0.1, 0.15) is 5.76 Å². The second-order valence-corrected chi connectivity index (χ2v) is 3.11. The number of nitrogens with two attached hydrogens (primary N) is 1. The lowest BCUT2D eigenvalue weighted by atomic mass is 10.0. The number of hydrogen-bond donors (Lipinski definition) is 1. The number of benzene rings is 1. The Morgan fingerprint density at radius 2 is 2.00 bits per heavy atom. The minimum absolute atomic E-state index is 0.437. The van der Waals surface area contributed by atoms with Gasteiger partial charge in [0.05, 0.1) is 12.7 Å². The Morgan fingerprint density at radius 1 is 1.20 bits per heavy atom. The molecule has 0 saturated carbocycles. The fourth-order valence-electron chi connectivity index (χ4n) is 1.37. The van der Waals surface area contributed by atoms with Crippen LogP contribution in [0.15, 0.2) is 47.1 Å². The van der Waals surface area contributed by atoms with Gasteiger partial charge in [0, 0.05) is 5.56 Å². The highest BCUT2D eigenvalue weighted by Gasteiger charge is 2.08. The van der Waals surface area contributed by atoms with Crippen LogP contribution in [0, 0.1) is 6.42 Å². The number of primary amides is 1. The highest BCUT2D eigenvalue weighted by atomic mass is 16.3. The summed E-state index contributed by atoms with van der Waals surface area (Å²) < 4.78 is 5.16. The summed E-state index contributed by atoms with van der Waals surface area (Å²) in [5.41, 5.74) is 6.51. The van der Waals surface area contributed by atoms with Crippen molar-refractivity contribution in [1.29, 1.82) is 0 Å². The zero-order chi connectivity index (χ0) is 10.7. The standard InChI is InChI=1S/C12H10NO2/c13-12(14)11-6-2-1-4-9(11)8-10-5-3-7-15-10/h1-8H,(H2,13,14). The smallest absolute Gasteiger partial charge is 0.249 e. The summed E-state index contributed by atoms with van der Waals surface area (Å²) in [6.45, 7) is 0. The molecular formula is C12H10NO2. The molecular weight excluding hydrogens is 190 g/mol. The molecule has 2 aromatic rings. The average Bonchev–Trinajstić information content (AvgIpc) is 2.71. The molecule has 0 spiro atoms. The third kappa shape index (κ3) is 2.07. The maximum Gasteiger partial charge on any atom is 0.249 e. The van der Waals surface area contributed by atoms with Crippen LogP contribution in [-0.4, -0.2) is 5.91 Å². The van der Waals surface area contributed by atoms with Crippen molar-refractivity contribution in [2.45, 2.75) is 0 Å². The maximum atomic E-state index is 11.1. The Hall–Kier alpha value is -2.03. The summed E-state index contributed by atoms with van der Waals surface area (Å²) in [4.78, 5) is 11.1. The van der Waals surface area contributed by atoms with Gasteiger partial charge >= 0.3 is 0 Å². The molecule has 3 nitrogen and oxygen atoms in total. The third-order valence-corrected chi connectivity index (χ3v) is 2.07. The quantitative estimate of drug-likeness (QED) is 0.823. The molecule has 15 heavy (non-hydrogen) atoms. The first-order valence-electron chi connectivity index (χ1n) is 4.54. The monoisotopic (exact) mass is 200 g/mol. The first-order valence-corrected chi connectivity index (χ1v) is 4.54. The Bertz CT molecular complexity index is 460. The molecule has 3 heteroatoms. The zero-order valence-corrected chi connectivity index (χ0v) is 8.01. The largest absolute Gasteiger partial charge is 0.469 e. The zero-order valence-electron chi connectivity index (χ0n) is 8.01. The summed E-state index contributed by atoms with van der Waals surface area (Å²) in [6.07, 6.45) is 3.36. The number of carbonyl (C=O) groups is 1. The summed E-state index contributed by atoms with van der Waals surface area (Å²) in [7, 11) is 0. The lowest BCUT2D eigenvalue weighted by Gasteiger charge is -2.03. The minimum Gasteiger partial charge on any atom is -0.469 e. The summed E-state index contributed by atoms with van der Waals surface area (Å²) in [5, 5.41) is 0. The highest BCUT2D eigenvalue weighted by Crippen LogP contribution is 2.16. The highest BCUT2D eigenvalue weighted by molar-refractivity contribution is 5.94. The minimum atomic E-state index is -0.437. The van der Waals surface area contributed by atoms with Crippen molar-refractivity contribution in [1.82, 2.24) is 0 Å². The number of carbonyl (C=O) groups excluding carboxylic acids is 1. The van der Waals surface area contributed by atoms with Crippen LogP contribution in [0.5, 0.6) is 0 Å². The molecule has 0 bridgehead atoms. The lowest BCUT2D eigenvalue weighted by Crippen LogP contribution is -2.13. The molecule has 0 fully saturated rings. The molecule has 0 aliphatic heterocycles. The SMILES string of the molecule is NC(=O)c1ccccc1[CH]c1ccco1. The second-order valence-electron chi connectivity index (χ2n) is 3.11. The van der Waals surface area contributed by atoms with E-state index in [1.54, 1.807) is 30.9 Å². The van der Waals surface area contributed by atoms with Crippen molar-refractivity contribution in [2.24, 2.45) is 5.73 Å². The van der Waals surface area contributed by atoms with Gasteiger partial charge in [0.2, 0.25) is 5.91 Å². The van der Waals surface area contributed by atoms with Crippen LogP contribution in [0.4, 0.5) is 0 Å². The normalized spacial score (nSPS) is 10.1. The van der Waals surface area contributed by atoms with Crippen molar-refractivity contribution >= 4 is 5.91 Å². The first kappa shape index (κ1) is 9.52. The predicted molar refractivity (Wildman–Crippen MR) is 56.2 cm³/mol. The fourth-order valence-corrected chi connectivity index (χ4v) is 1.37. The van der Waals surface area contributed by atoms with E-state index in [0.717, 1.165) is 5.56 Å². The van der Waals surface area contributed by atoms with Gasteiger partial charge in [-0.3, -0.25) is 4.79 Å². The van der Waals surface area contributed by atoms with E-state index in [1.165, 1.54) is 0 Å². The second kappa shape index (κ2) is 4.00. The fraction of sp³-hybridized carbons (Fsp3) is 0. The topological polar surface area (TPSA) is 56.2 Å². The van der Waals surface area contributed by atoms with Crippen molar-refractivity contribution < 1.29 is 9.21 Å². The van der Waals surface area contributed by atoms with E-state index in [4.69, 9.17) is 10.2 Å². The van der Waals surface area contributed by atoms with E-state index in [1.807, 2.05) is 18.2 Å². The molecule has 1 radical (unpaired) electrons. The number of rotatable bonds is 3. The van der Waals surface area contributed by atoms with E-state index in [-0.39, 0.29) is 0 Å². The van der Waals surface area contributed by atoms with Crippen LogP contribution < -0.4 is 5.73 Å². The number of amides is 1. The molecule has 1 aromatic heterocycles. The van der Waals surface area contributed by atoms with Gasteiger partial charge in [0.25, 0.3) is 0 Å². The Labute approximate surface area is 87.5 Å². The molecule has 1 aromatic carbocycles.